The molecule has 0 saturated carbocycles. The molecule has 0 radical (unpaired) electrons. The zero-order chi connectivity index (χ0) is 9.40. The van der Waals surface area contributed by atoms with Gasteiger partial charge in [0.2, 0.25) is 0 Å². The maximum absolute atomic E-state index is 10.6. The minimum atomic E-state index is -0.236. The van der Waals surface area contributed by atoms with Crippen molar-refractivity contribution in [1.82, 2.24) is 0 Å². The van der Waals surface area contributed by atoms with Gasteiger partial charge in [-0.3, -0.25) is 9.59 Å². The summed E-state index contributed by atoms with van der Waals surface area (Å²) in [6.07, 6.45) is 2.07. The van der Waals surface area contributed by atoms with Gasteiger partial charge in [0.1, 0.15) is 0 Å². The molecule has 0 rings (SSSR count). The Morgan fingerprint density at radius 3 is 1.46 bits per heavy atom. The van der Waals surface area contributed by atoms with Crippen molar-refractivity contribution in [2.24, 2.45) is 0 Å². The van der Waals surface area contributed by atoms with Crippen LogP contribution in [-0.4, -0.2) is 26.2 Å². The summed E-state index contributed by atoms with van der Waals surface area (Å²) < 4.78 is 8.86. The van der Waals surface area contributed by atoms with Crippen molar-refractivity contribution in [2.45, 2.75) is 25.7 Å². The molecule has 0 fully saturated rings. The molecule has 0 aliphatic carbocycles. The van der Waals surface area contributed by atoms with Crippen molar-refractivity contribution in [1.29, 1.82) is 0 Å². The summed E-state index contributed by atoms with van der Waals surface area (Å²) in [5, 5.41) is 0. The molecule has 0 aliphatic heterocycles. The minimum Gasteiger partial charge on any atom is -0.469 e. The van der Waals surface area contributed by atoms with Gasteiger partial charge in [-0.25, -0.2) is 0 Å². The van der Waals surface area contributed by atoms with Gasteiger partial charge in [-0.05, 0) is 12.8 Å². The average molecular weight is 181 g/mol. The summed E-state index contributed by atoms with van der Waals surface area (Å²) in [5.74, 6) is -0.472. The van der Waals surface area contributed by atoms with Gasteiger partial charge in [0, 0.05) is 12.8 Å². The Morgan fingerprint density at radius 1 is 0.923 bits per heavy atom. The van der Waals surface area contributed by atoms with E-state index in [0.717, 1.165) is 0 Å². The third-order valence-electron chi connectivity index (χ3n) is 1.47. The van der Waals surface area contributed by atoms with Crippen molar-refractivity contribution >= 4 is 11.9 Å². The van der Waals surface area contributed by atoms with Crippen molar-refractivity contribution in [2.75, 3.05) is 14.2 Å². The van der Waals surface area contributed by atoms with Crippen LogP contribution >= 0.6 is 0 Å². The van der Waals surface area contributed by atoms with Gasteiger partial charge in [0.15, 0.2) is 0 Å². The second-order valence-electron chi connectivity index (χ2n) is 2.36. The van der Waals surface area contributed by atoms with Crippen LogP contribution in [0.4, 0.5) is 0 Å². The molecule has 0 aromatic heterocycles. The number of unbranched alkanes of at least 4 members (excludes halogenated alkanes) is 1. The molecule has 13 heavy (non-hydrogen) atoms. The Bertz CT molecular complexity index is 140. The smallest absolute Gasteiger partial charge is 0.469 e. The summed E-state index contributed by atoms with van der Waals surface area (Å²) in [4.78, 5) is 21.2. The van der Waals surface area contributed by atoms with Crippen molar-refractivity contribution < 1.29 is 37.9 Å². The normalized spacial score (nSPS) is 8.46. The Kier molecular flexibility index (Phi) is 11.1. The average Bonchev–Trinajstić information content (AvgIpc) is 2.11. The molecule has 0 amide bonds. The van der Waals surface area contributed by atoms with Gasteiger partial charge in [0.25, 0.3) is 0 Å². The fraction of sp³-hybridized carbons (Fsp3) is 0.750. The first-order chi connectivity index (χ1) is 5.70. The summed E-state index contributed by atoms with van der Waals surface area (Å²) >= 11 is 0. The Morgan fingerprint density at radius 2 is 1.23 bits per heavy atom. The third kappa shape index (κ3) is 9.45. The molecule has 0 aliphatic rings. The molecule has 0 atom stereocenters. The van der Waals surface area contributed by atoms with Gasteiger partial charge in [-0.2, -0.15) is 0 Å². The number of ether oxygens (including phenoxy) is 2. The van der Waals surface area contributed by atoms with Gasteiger partial charge in [-0.15, -0.1) is 0 Å². The summed E-state index contributed by atoms with van der Waals surface area (Å²) in [7, 11) is 2.70. The quantitative estimate of drug-likeness (QED) is 0.277. The second kappa shape index (κ2) is 9.62. The van der Waals surface area contributed by atoms with Crippen LogP contribution < -0.4 is 18.9 Å². The van der Waals surface area contributed by atoms with E-state index in [1.165, 1.54) is 14.2 Å². The van der Waals surface area contributed by atoms with Gasteiger partial charge in [0.05, 0.1) is 14.2 Å². The van der Waals surface area contributed by atoms with E-state index in [9.17, 15) is 9.59 Å². The molecule has 4 nitrogen and oxygen atoms in total. The standard InChI is InChI=1S/C8H14O4.Li/c1-11-7(9)5-3-4-6-8(10)12-2;/h3-6H2,1-2H3;/q;+1. The SMILES string of the molecule is COC(=O)CCCCC(=O)OC.[Li+]. The van der Waals surface area contributed by atoms with Crippen LogP contribution in [-0.2, 0) is 19.1 Å². The predicted octanol–water partition coefficient (Wildman–Crippen LogP) is -2.10. The third-order valence-corrected chi connectivity index (χ3v) is 1.47. The number of esters is 2. The number of carbonyl (C=O) groups excluding carboxylic acids is 2. The number of hydrogen-bond acceptors (Lipinski definition) is 4. The fourth-order valence-electron chi connectivity index (χ4n) is 0.743. The molecule has 0 aromatic carbocycles. The molecule has 0 N–H and O–H groups in total. The van der Waals surface area contributed by atoms with Crippen LogP contribution in [0.5, 0.6) is 0 Å². The van der Waals surface area contributed by atoms with Crippen molar-refractivity contribution in [3.05, 3.63) is 0 Å². The molecular weight excluding hydrogens is 167 g/mol. The number of hydrogen-bond donors (Lipinski definition) is 0. The molecule has 0 heterocycles. The molecule has 0 saturated heterocycles. The van der Waals surface area contributed by atoms with Crippen LogP contribution in [0.1, 0.15) is 25.7 Å². The van der Waals surface area contributed by atoms with Gasteiger partial charge in [-0.1, -0.05) is 0 Å². The number of rotatable bonds is 5. The summed E-state index contributed by atoms with van der Waals surface area (Å²) in [6, 6.07) is 0. The zero-order valence-electron chi connectivity index (χ0n) is 8.46. The Balaban J connectivity index is 0. The van der Waals surface area contributed by atoms with E-state index in [1.54, 1.807) is 0 Å². The first-order valence-corrected chi connectivity index (χ1v) is 3.84. The van der Waals surface area contributed by atoms with Crippen LogP contribution in [0, 0.1) is 0 Å². The second-order valence-corrected chi connectivity index (χ2v) is 2.36. The summed E-state index contributed by atoms with van der Waals surface area (Å²) in [5.41, 5.74) is 0. The minimum absolute atomic E-state index is 0. The van der Waals surface area contributed by atoms with Crippen LogP contribution in [0.15, 0.2) is 0 Å². The Hall–Kier alpha value is -0.463. The van der Waals surface area contributed by atoms with E-state index < -0.39 is 0 Å². The zero-order valence-corrected chi connectivity index (χ0v) is 8.46. The maximum Gasteiger partial charge on any atom is 1.00 e. The van der Waals surface area contributed by atoms with Crippen molar-refractivity contribution in [3.63, 3.8) is 0 Å². The van der Waals surface area contributed by atoms with E-state index in [-0.39, 0.29) is 30.8 Å². The van der Waals surface area contributed by atoms with Gasteiger partial charge >= 0.3 is 30.8 Å². The van der Waals surface area contributed by atoms with Crippen molar-refractivity contribution in [3.8, 4) is 0 Å². The molecule has 0 unspecified atom stereocenters. The molecule has 5 heteroatoms. The maximum atomic E-state index is 10.6. The van der Waals surface area contributed by atoms with Gasteiger partial charge < -0.3 is 9.47 Å². The van der Waals surface area contributed by atoms with Crippen LogP contribution in [0.3, 0.4) is 0 Å². The van der Waals surface area contributed by atoms with E-state index in [2.05, 4.69) is 9.47 Å². The molecule has 70 valence electrons. The van der Waals surface area contributed by atoms with E-state index >= 15 is 0 Å². The topological polar surface area (TPSA) is 52.6 Å². The monoisotopic (exact) mass is 181 g/mol. The fourth-order valence-corrected chi connectivity index (χ4v) is 0.743. The Labute approximate surface area is 90.1 Å². The predicted molar refractivity (Wildman–Crippen MR) is 42.5 cm³/mol. The number of carbonyl (C=O) groups is 2. The molecule has 0 spiro atoms. The van der Waals surface area contributed by atoms with E-state index in [4.69, 9.17) is 0 Å². The van der Waals surface area contributed by atoms with E-state index in [1.807, 2.05) is 0 Å². The van der Waals surface area contributed by atoms with Crippen LogP contribution in [0.25, 0.3) is 0 Å². The largest absolute Gasteiger partial charge is 1.00 e. The van der Waals surface area contributed by atoms with Crippen LogP contribution in [0.2, 0.25) is 0 Å². The molecule has 0 bridgehead atoms. The molecular formula is C8H14LiO4+. The number of methoxy groups -OCH3 is 2. The first-order valence-electron chi connectivity index (χ1n) is 3.84. The first kappa shape index (κ1) is 15.0. The summed E-state index contributed by atoms with van der Waals surface area (Å²) in [6.45, 7) is 0. The van der Waals surface area contributed by atoms with E-state index in [0.29, 0.717) is 25.7 Å². The molecule has 0 aromatic rings.